The third kappa shape index (κ3) is 1.92. The van der Waals surface area contributed by atoms with E-state index in [-0.39, 0.29) is 0 Å². The molecular formula is C19H16N4. The van der Waals surface area contributed by atoms with E-state index in [0.29, 0.717) is 0 Å². The van der Waals surface area contributed by atoms with Gasteiger partial charge in [-0.1, -0.05) is 30.9 Å². The third-order valence-electron chi connectivity index (χ3n) is 3.89. The van der Waals surface area contributed by atoms with Crippen molar-refractivity contribution in [3.8, 4) is 0 Å². The number of imidazole rings is 2. The fourth-order valence-corrected chi connectivity index (χ4v) is 3.01. The van der Waals surface area contributed by atoms with Crippen molar-refractivity contribution in [3.63, 3.8) is 0 Å². The molecule has 23 heavy (non-hydrogen) atoms. The maximum atomic E-state index is 4.79. The van der Waals surface area contributed by atoms with Gasteiger partial charge in [0.1, 0.15) is 5.52 Å². The molecule has 0 N–H and O–H groups in total. The average Bonchev–Trinajstić information content (AvgIpc) is 3.09. The zero-order valence-corrected chi connectivity index (χ0v) is 12.8. The number of hydrogen-bond donors (Lipinski definition) is 0. The first-order valence-electron chi connectivity index (χ1n) is 7.52. The van der Waals surface area contributed by atoms with Crippen molar-refractivity contribution in [1.82, 2.24) is 18.9 Å². The second-order valence-corrected chi connectivity index (χ2v) is 5.26. The molecule has 1 aromatic carbocycles. The molecule has 4 rings (SSSR count). The molecule has 0 fully saturated rings. The van der Waals surface area contributed by atoms with Gasteiger partial charge in [0.05, 0.1) is 22.7 Å². The molecule has 0 amide bonds. The highest BCUT2D eigenvalue weighted by Crippen LogP contribution is 2.28. The molecule has 0 aliphatic rings. The minimum absolute atomic E-state index is 0.875. The first-order valence-corrected chi connectivity index (χ1v) is 7.52. The lowest BCUT2D eigenvalue weighted by Gasteiger charge is -2.05. The Hall–Kier alpha value is -3.14. The number of aromatic nitrogens is 4. The van der Waals surface area contributed by atoms with Gasteiger partial charge in [-0.3, -0.25) is 14.0 Å². The maximum absolute atomic E-state index is 4.79. The molecule has 4 aromatic rings. The summed E-state index contributed by atoms with van der Waals surface area (Å²) in [5.74, 6) is 0.875. The molecule has 0 radical (unpaired) electrons. The van der Waals surface area contributed by atoms with Crippen LogP contribution in [0.5, 0.6) is 0 Å². The van der Waals surface area contributed by atoms with Crippen molar-refractivity contribution in [3.05, 3.63) is 73.6 Å². The van der Waals surface area contributed by atoms with Crippen LogP contribution in [0.25, 0.3) is 33.5 Å². The zero-order valence-electron chi connectivity index (χ0n) is 12.8. The van der Waals surface area contributed by atoms with Crippen LogP contribution in [0.4, 0.5) is 0 Å². The van der Waals surface area contributed by atoms with E-state index < -0.39 is 0 Å². The SMILES string of the molecule is C=C/C=C(\C=C/C)n1c2ccccc2n2c3ccncc3nc12. The van der Waals surface area contributed by atoms with Gasteiger partial charge in [-0.2, -0.15) is 0 Å². The number of nitrogens with zero attached hydrogens (tertiary/aromatic N) is 4. The van der Waals surface area contributed by atoms with Gasteiger partial charge in [0.25, 0.3) is 0 Å². The summed E-state index contributed by atoms with van der Waals surface area (Å²) in [6.07, 6.45) is 11.5. The Bertz CT molecular complexity index is 1090. The number of benzene rings is 1. The van der Waals surface area contributed by atoms with E-state index in [1.165, 1.54) is 0 Å². The molecule has 0 saturated carbocycles. The Morgan fingerprint density at radius 1 is 1.13 bits per heavy atom. The first kappa shape index (κ1) is 13.5. The van der Waals surface area contributed by atoms with Crippen molar-refractivity contribution in [1.29, 1.82) is 0 Å². The largest absolute Gasteiger partial charge is 0.278 e. The molecule has 0 aliphatic heterocycles. The van der Waals surface area contributed by atoms with Gasteiger partial charge in [0, 0.05) is 11.9 Å². The quantitative estimate of drug-likeness (QED) is 0.524. The lowest BCUT2D eigenvalue weighted by atomic mass is 10.3. The highest BCUT2D eigenvalue weighted by molar-refractivity contribution is 5.93. The summed E-state index contributed by atoms with van der Waals surface area (Å²) in [5.41, 5.74) is 5.20. The molecule has 0 spiro atoms. The van der Waals surface area contributed by atoms with Gasteiger partial charge >= 0.3 is 0 Å². The summed E-state index contributed by atoms with van der Waals surface area (Å²) in [5, 5.41) is 0. The summed E-state index contributed by atoms with van der Waals surface area (Å²) < 4.78 is 4.32. The first-order chi connectivity index (χ1) is 11.3. The van der Waals surface area contributed by atoms with E-state index in [1.807, 2.05) is 37.3 Å². The highest BCUT2D eigenvalue weighted by atomic mass is 15.2. The summed E-state index contributed by atoms with van der Waals surface area (Å²) in [6, 6.07) is 10.3. The van der Waals surface area contributed by atoms with Crippen LogP contribution < -0.4 is 0 Å². The van der Waals surface area contributed by atoms with Crippen LogP contribution in [0.15, 0.2) is 73.6 Å². The Kier molecular flexibility index (Phi) is 3.08. The van der Waals surface area contributed by atoms with Gasteiger partial charge in [-0.25, -0.2) is 4.98 Å². The Morgan fingerprint density at radius 2 is 1.96 bits per heavy atom. The molecule has 0 aliphatic carbocycles. The summed E-state index contributed by atoms with van der Waals surface area (Å²) in [6.45, 7) is 5.84. The van der Waals surface area contributed by atoms with Gasteiger partial charge in [0.2, 0.25) is 5.78 Å². The van der Waals surface area contributed by atoms with Crippen molar-refractivity contribution in [2.75, 3.05) is 0 Å². The minimum atomic E-state index is 0.875. The molecule has 0 atom stereocenters. The van der Waals surface area contributed by atoms with E-state index in [2.05, 4.69) is 38.7 Å². The van der Waals surface area contributed by atoms with Crippen LogP contribution in [0, 0.1) is 0 Å². The van der Waals surface area contributed by atoms with Crippen LogP contribution >= 0.6 is 0 Å². The Morgan fingerprint density at radius 3 is 2.74 bits per heavy atom. The smallest absolute Gasteiger partial charge is 0.220 e. The second-order valence-electron chi connectivity index (χ2n) is 5.26. The topological polar surface area (TPSA) is 35.1 Å². The summed E-state index contributed by atoms with van der Waals surface area (Å²) in [4.78, 5) is 8.98. The van der Waals surface area contributed by atoms with E-state index in [0.717, 1.165) is 33.5 Å². The summed E-state index contributed by atoms with van der Waals surface area (Å²) in [7, 11) is 0. The van der Waals surface area contributed by atoms with Gasteiger partial charge in [-0.15, -0.1) is 0 Å². The maximum Gasteiger partial charge on any atom is 0.220 e. The lowest BCUT2D eigenvalue weighted by Crippen LogP contribution is -1.95. The van der Waals surface area contributed by atoms with Gasteiger partial charge < -0.3 is 0 Å². The van der Waals surface area contributed by atoms with E-state index >= 15 is 0 Å². The minimum Gasteiger partial charge on any atom is -0.278 e. The van der Waals surface area contributed by atoms with Crippen molar-refractivity contribution >= 4 is 33.5 Å². The predicted octanol–water partition coefficient (Wildman–Crippen LogP) is 4.44. The molecule has 0 unspecified atom stereocenters. The van der Waals surface area contributed by atoms with Crippen LogP contribution in [0.3, 0.4) is 0 Å². The van der Waals surface area contributed by atoms with Gasteiger partial charge in [-0.05, 0) is 37.3 Å². The average molecular weight is 300 g/mol. The fourth-order valence-electron chi connectivity index (χ4n) is 3.01. The second kappa shape index (κ2) is 5.25. The van der Waals surface area contributed by atoms with Crippen LogP contribution in [-0.4, -0.2) is 18.9 Å². The van der Waals surface area contributed by atoms with E-state index in [9.17, 15) is 0 Å². The Labute approximate surface area is 133 Å². The monoisotopic (exact) mass is 300 g/mol. The predicted molar refractivity (Wildman–Crippen MR) is 95.3 cm³/mol. The molecule has 4 nitrogen and oxygen atoms in total. The van der Waals surface area contributed by atoms with Crippen LogP contribution in [0.1, 0.15) is 6.92 Å². The van der Waals surface area contributed by atoms with Crippen LogP contribution in [0.2, 0.25) is 0 Å². The standard InChI is InChI=1S/C19H16N4/c1-3-7-14(8-4-2)22-17-9-5-6-10-18(17)23-16-11-12-20-13-15(16)21-19(22)23/h3-13H,1H2,2H3/b8-4-,14-7+. The molecular weight excluding hydrogens is 284 g/mol. The normalized spacial score (nSPS) is 12.8. The molecule has 3 aromatic heterocycles. The number of hydrogen-bond acceptors (Lipinski definition) is 2. The number of pyridine rings is 1. The fraction of sp³-hybridized carbons (Fsp3) is 0.0526. The summed E-state index contributed by atoms with van der Waals surface area (Å²) >= 11 is 0. The molecule has 112 valence electrons. The number of rotatable bonds is 3. The molecule has 3 heterocycles. The molecule has 0 bridgehead atoms. The highest BCUT2D eigenvalue weighted by Gasteiger charge is 2.16. The van der Waals surface area contributed by atoms with Crippen molar-refractivity contribution < 1.29 is 0 Å². The molecule has 4 heteroatoms. The van der Waals surface area contributed by atoms with Gasteiger partial charge in [0.15, 0.2) is 0 Å². The molecule has 0 saturated heterocycles. The van der Waals surface area contributed by atoms with Crippen molar-refractivity contribution in [2.24, 2.45) is 0 Å². The lowest BCUT2D eigenvalue weighted by molar-refractivity contribution is 1.15. The third-order valence-corrected chi connectivity index (χ3v) is 3.89. The van der Waals surface area contributed by atoms with Crippen molar-refractivity contribution in [2.45, 2.75) is 6.92 Å². The van der Waals surface area contributed by atoms with Crippen LogP contribution in [-0.2, 0) is 0 Å². The Balaban J connectivity index is 2.24. The van der Waals surface area contributed by atoms with E-state index in [1.54, 1.807) is 18.5 Å². The number of para-hydroxylation sites is 2. The number of fused-ring (bicyclic) bond motifs is 5. The zero-order chi connectivity index (χ0) is 15.8. The van der Waals surface area contributed by atoms with E-state index in [4.69, 9.17) is 4.98 Å². The number of allylic oxidation sites excluding steroid dienone is 5.